The maximum absolute atomic E-state index is 12.0. The number of hydrogen-bond donors (Lipinski definition) is 3. The lowest BCUT2D eigenvalue weighted by atomic mass is 9.53. The summed E-state index contributed by atoms with van der Waals surface area (Å²) in [6, 6.07) is 16.2. The van der Waals surface area contributed by atoms with E-state index < -0.39 is 0 Å². The van der Waals surface area contributed by atoms with Gasteiger partial charge in [-0.05, 0) is 109 Å². The first kappa shape index (κ1) is 22.9. The topological polar surface area (TPSA) is 69.6 Å². The van der Waals surface area contributed by atoms with Crippen molar-refractivity contribution < 1.29 is 15.0 Å². The lowest BCUT2D eigenvalue weighted by Gasteiger charge is -2.52. The summed E-state index contributed by atoms with van der Waals surface area (Å²) in [5.74, 6) is 3.39. The van der Waals surface area contributed by atoms with Crippen molar-refractivity contribution in [3.8, 4) is 5.75 Å². The Labute approximate surface area is 202 Å². The van der Waals surface area contributed by atoms with Gasteiger partial charge < -0.3 is 15.5 Å². The van der Waals surface area contributed by atoms with Crippen molar-refractivity contribution in [2.45, 2.75) is 44.9 Å². The zero-order chi connectivity index (χ0) is 23.5. The van der Waals surface area contributed by atoms with E-state index in [1.165, 1.54) is 48.8 Å². The van der Waals surface area contributed by atoms with Crippen molar-refractivity contribution in [3.05, 3.63) is 76.9 Å². The molecule has 0 spiro atoms. The summed E-state index contributed by atoms with van der Waals surface area (Å²) >= 11 is 0. The smallest absolute Gasteiger partial charge is 0.243 e. The van der Waals surface area contributed by atoms with E-state index in [-0.39, 0.29) is 12.5 Å². The molecule has 178 valence electrons. The highest BCUT2D eigenvalue weighted by atomic mass is 16.3. The number of rotatable bonds is 8. The molecule has 4 aliphatic rings. The number of aromatic hydroxyl groups is 1. The molecule has 0 heterocycles. The van der Waals surface area contributed by atoms with Gasteiger partial charge in [-0.1, -0.05) is 42.0 Å². The lowest BCUT2D eigenvalue weighted by molar-refractivity contribution is -0.116. The number of phenols is 1. The molecule has 0 saturated heterocycles. The lowest BCUT2D eigenvalue weighted by Crippen LogP contribution is -2.40. The molecule has 3 N–H and O–H groups in total. The minimum absolute atomic E-state index is 0.109. The first-order chi connectivity index (χ1) is 16.6. The van der Waals surface area contributed by atoms with Gasteiger partial charge in [-0.15, -0.1) is 0 Å². The number of benzene rings is 2. The summed E-state index contributed by atoms with van der Waals surface area (Å²) in [5, 5.41) is 21.6. The van der Waals surface area contributed by atoms with Crippen LogP contribution in [0.4, 0.5) is 0 Å². The Bertz CT molecular complexity index is 1040. The quantitative estimate of drug-likeness (QED) is 0.359. The Balaban J connectivity index is 1.40. The van der Waals surface area contributed by atoms with E-state index in [0.29, 0.717) is 30.6 Å². The Hall–Kier alpha value is -2.85. The van der Waals surface area contributed by atoms with E-state index in [1.54, 1.807) is 23.8 Å². The molecule has 34 heavy (non-hydrogen) atoms. The number of aliphatic hydroxyl groups excluding tert-OH is 1. The second-order valence-corrected chi connectivity index (χ2v) is 10.4. The van der Waals surface area contributed by atoms with Crippen molar-refractivity contribution >= 4 is 17.6 Å². The first-order valence-electron chi connectivity index (χ1n) is 12.8. The molecule has 0 radical (unpaired) electrons. The second-order valence-electron chi connectivity index (χ2n) is 10.4. The summed E-state index contributed by atoms with van der Waals surface area (Å²) in [5.41, 5.74) is 6.40. The van der Waals surface area contributed by atoms with E-state index in [1.807, 2.05) is 6.08 Å². The predicted octanol–water partition coefficient (Wildman–Crippen LogP) is 5.55. The van der Waals surface area contributed by atoms with E-state index in [9.17, 15) is 9.90 Å². The summed E-state index contributed by atoms with van der Waals surface area (Å²) in [7, 11) is 0. The van der Waals surface area contributed by atoms with E-state index in [4.69, 9.17) is 5.11 Å². The fourth-order valence-electron chi connectivity index (χ4n) is 6.67. The van der Waals surface area contributed by atoms with Crippen molar-refractivity contribution in [2.75, 3.05) is 13.2 Å². The Morgan fingerprint density at radius 2 is 1.44 bits per heavy atom. The van der Waals surface area contributed by atoms with Gasteiger partial charge in [0, 0.05) is 19.2 Å². The number of carbonyl (C=O) groups excluding carboxylic acids is 1. The van der Waals surface area contributed by atoms with Gasteiger partial charge >= 0.3 is 0 Å². The van der Waals surface area contributed by atoms with E-state index in [2.05, 4.69) is 41.7 Å². The number of unbranched alkanes of at least 4 members (excludes halogenated alkanes) is 1. The van der Waals surface area contributed by atoms with Crippen LogP contribution in [0, 0.1) is 23.7 Å². The highest BCUT2D eigenvalue weighted by Gasteiger charge is 2.46. The van der Waals surface area contributed by atoms with Crippen LogP contribution in [0.2, 0.25) is 0 Å². The minimum atomic E-state index is -0.109. The molecule has 4 nitrogen and oxygen atoms in total. The predicted molar refractivity (Wildman–Crippen MR) is 136 cm³/mol. The average Bonchev–Trinajstić information content (AvgIpc) is 2.84. The molecule has 0 unspecified atom stereocenters. The van der Waals surface area contributed by atoms with Crippen LogP contribution in [0.1, 0.15) is 61.6 Å². The fraction of sp³-hybridized carbons (Fsp3) is 0.433. The second kappa shape index (κ2) is 10.2. The first-order valence-corrected chi connectivity index (χ1v) is 12.8. The van der Waals surface area contributed by atoms with Crippen LogP contribution < -0.4 is 5.32 Å². The number of allylic oxidation sites excluding steroid dienone is 1. The van der Waals surface area contributed by atoms with Crippen molar-refractivity contribution in [1.29, 1.82) is 0 Å². The minimum Gasteiger partial charge on any atom is -0.508 e. The average molecular weight is 458 g/mol. The maximum Gasteiger partial charge on any atom is 0.243 e. The van der Waals surface area contributed by atoms with Crippen LogP contribution in [-0.2, 0) is 4.79 Å². The van der Waals surface area contributed by atoms with Crippen LogP contribution in [0.25, 0.3) is 11.6 Å². The maximum atomic E-state index is 12.0. The summed E-state index contributed by atoms with van der Waals surface area (Å²) in [6.45, 7) is 0.735. The monoisotopic (exact) mass is 457 g/mol. The van der Waals surface area contributed by atoms with Gasteiger partial charge in [-0.25, -0.2) is 0 Å². The third-order valence-electron chi connectivity index (χ3n) is 7.97. The van der Waals surface area contributed by atoms with Crippen LogP contribution in [0.5, 0.6) is 5.75 Å². The number of aliphatic hydroxyl groups is 1. The Morgan fingerprint density at radius 1 is 0.853 bits per heavy atom. The van der Waals surface area contributed by atoms with Crippen molar-refractivity contribution in [3.63, 3.8) is 0 Å². The molecule has 0 atom stereocenters. The molecule has 4 heteroatoms. The Kier molecular flexibility index (Phi) is 6.87. The van der Waals surface area contributed by atoms with Crippen LogP contribution in [0.15, 0.2) is 60.2 Å². The number of phenolic OH excluding ortho intramolecular Hbond substituents is 1. The van der Waals surface area contributed by atoms with Gasteiger partial charge in [0.25, 0.3) is 0 Å². The van der Waals surface area contributed by atoms with Gasteiger partial charge in [0.15, 0.2) is 0 Å². The van der Waals surface area contributed by atoms with Crippen LogP contribution >= 0.6 is 0 Å². The number of amides is 1. The highest BCUT2D eigenvalue weighted by Crippen LogP contribution is 2.58. The van der Waals surface area contributed by atoms with Crippen LogP contribution in [-0.4, -0.2) is 29.3 Å². The van der Waals surface area contributed by atoms with Gasteiger partial charge in [-0.2, -0.15) is 0 Å². The molecule has 4 aliphatic carbocycles. The van der Waals surface area contributed by atoms with Crippen molar-refractivity contribution in [1.82, 2.24) is 5.32 Å². The number of hydrogen-bond acceptors (Lipinski definition) is 3. The summed E-state index contributed by atoms with van der Waals surface area (Å²) < 4.78 is 0. The molecule has 4 bridgehead atoms. The van der Waals surface area contributed by atoms with Gasteiger partial charge in [0.1, 0.15) is 5.75 Å². The largest absolute Gasteiger partial charge is 0.508 e. The zero-order valence-electron chi connectivity index (χ0n) is 19.7. The molecule has 1 amide bonds. The molecule has 2 aromatic carbocycles. The normalized spacial score (nSPS) is 25.1. The molecular formula is C30H35NO3. The Morgan fingerprint density at radius 3 is 2.03 bits per heavy atom. The highest BCUT2D eigenvalue weighted by molar-refractivity contribution is 5.91. The third kappa shape index (κ3) is 4.97. The summed E-state index contributed by atoms with van der Waals surface area (Å²) in [4.78, 5) is 12.0. The van der Waals surface area contributed by atoms with Gasteiger partial charge in [0.05, 0.1) is 0 Å². The van der Waals surface area contributed by atoms with E-state index in [0.717, 1.165) is 23.8 Å². The molecule has 6 rings (SSSR count). The van der Waals surface area contributed by atoms with Gasteiger partial charge in [0.2, 0.25) is 5.91 Å². The standard InChI is InChI=1S/C30H35NO3/c32-14-2-1-13-31-28(34)12-5-20-3-6-23(7-4-20)29(24-8-10-27(33)11-9-24)30-25-16-21-15-22(18-25)19-26(30)17-21/h3-12,21-22,25-26,32-33H,1-2,13-19H2,(H,31,34)/b12-5+,30-29?. The molecular weight excluding hydrogens is 422 g/mol. The SMILES string of the molecule is O=C(/C=C/c1ccc(C(=C2C3CC4CC(C3)CC2C4)c2ccc(O)cc2)cc1)NCCCCO. The number of nitrogens with one attached hydrogen (secondary N) is 1. The van der Waals surface area contributed by atoms with Crippen molar-refractivity contribution in [2.24, 2.45) is 23.7 Å². The van der Waals surface area contributed by atoms with Gasteiger partial charge in [-0.3, -0.25) is 4.79 Å². The van der Waals surface area contributed by atoms with E-state index >= 15 is 0 Å². The molecule has 2 aromatic rings. The third-order valence-corrected chi connectivity index (χ3v) is 7.97. The zero-order valence-corrected chi connectivity index (χ0v) is 19.7. The van der Waals surface area contributed by atoms with Crippen LogP contribution in [0.3, 0.4) is 0 Å². The molecule has 0 aliphatic heterocycles. The summed E-state index contributed by atoms with van der Waals surface area (Å²) in [6.07, 6.45) is 11.7. The number of carbonyl (C=O) groups is 1. The molecule has 4 fully saturated rings. The molecule has 4 saturated carbocycles. The molecule has 0 aromatic heterocycles. The fourth-order valence-corrected chi connectivity index (χ4v) is 6.67.